The molecule has 1 fully saturated rings. The van der Waals surface area contributed by atoms with Crippen LogP contribution >= 0.6 is 0 Å². The average Bonchev–Trinajstić information content (AvgIpc) is 2.65. The van der Waals surface area contributed by atoms with Gasteiger partial charge in [-0.1, -0.05) is 0 Å². The van der Waals surface area contributed by atoms with Crippen LogP contribution in [-0.2, 0) is 4.74 Å². The minimum atomic E-state index is -0.802. The first kappa shape index (κ1) is 13.5. The molecule has 1 aliphatic rings. The van der Waals surface area contributed by atoms with Crippen LogP contribution in [0.25, 0.3) is 0 Å². The molecule has 4 atom stereocenters. The van der Waals surface area contributed by atoms with E-state index >= 15 is 0 Å². The van der Waals surface area contributed by atoms with Crippen molar-refractivity contribution in [3.05, 3.63) is 33.1 Å². The molecule has 2 unspecified atom stereocenters. The Morgan fingerprint density at radius 2 is 2.28 bits per heavy atom. The molecule has 0 aliphatic carbocycles. The molecule has 0 amide bonds. The molecule has 3 N–H and O–H groups in total. The topological polar surface area (TPSA) is 105 Å². The Hall–Kier alpha value is -0.921. The number of aliphatic hydroxyl groups is 2. The summed E-state index contributed by atoms with van der Waals surface area (Å²) in [5.74, 6) is 1.92. The zero-order valence-corrected chi connectivity index (χ0v) is 11.4. The van der Waals surface area contributed by atoms with E-state index in [2.05, 4.69) is 4.98 Å². The average molecular weight is 321 g/mol. The van der Waals surface area contributed by atoms with Crippen LogP contribution in [0.15, 0.2) is 21.9 Å². The van der Waals surface area contributed by atoms with Gasteiger partial charge in [-0.15, -0.1) is 0 Å². The SMILES string of the molecule is C[Se]C1C(O)[C@H](CO)O[C@@H]1n1ccc(=O)[nH]c1=O. The number of H-pyrrole nitrogens is 1. The van der Waals surface area contributed by atoms with Gasteiger partial charge in [0.25, 0.3) is 0 Å². The standard InChI is InChI=1S/C10H14N2O5Se/c1-18-8-7(15)5(4-13)17-9(8)12-3-2-6(14)11-10(12)16/h2-3,5,7-9,13,15H,4H2,1H3,(H,11,14,16)/t5-,7?,8?,9-/m0/s1. The summed E-state index contributed by atoms with van der Waals surface area (Å²) in [6, 6.07) is 1.23. The number of nitrogens with one attached hydrogen (secondary N) is 1. The number of rotatable bonds is 3. The van der Waals surface area contributed by atoms with Crippen molar-refractivity contribution in [3.63, 3.8) is 0 Å². The molecule has 2 rings (SSSR count). The quantitative estimate of drug-likeness (QED) is 0.577. The fourth-order valence-corrected chi connectivity index (χ4v) is 3.83. The maximum atomic E-state index is 11.7. The van der Waals surface area contributed by atoms with Gasteiger partial charge in [0.1, 0.15) is 0 Å². The van der Waals surface area contributed by atoms with Crippen LogP contribution in [0.3, 0.4) is 0 Å². The third-order valence-corrected chi connectivity index (χ3v) is 5.11. The Morgan fingerprint density at radius 1 is 1.56 bits per heavy atom. The molecule has 1 aliphatic heterocycles. The Labute approximate surface area is 109 Å². The molecule has 1 aromatic rings. The Balaban J connectivity index is 2.38. The summed E-state index contributed by atoms with van der Waals surface area (Å²) in [5.41, 5.74) is -1.06. The molecule has 18 heavy (non-hydrogen) atoms. The van der Waals surface area contributed by atoms with Crippen LogP contribution < -0.4 is 11.2 Å². The van der Waals surface area contributed by atoms with Gasteiger partial charge in [0.2, 0.25) is 0 Å². The van der Waals surface area contributed by atoms with Crippen molar-refractivity contribution in [2.45, 2.75) is 29.1 Å². The van der Waals surface area contributed by atoms with Gasteiger partial charge >= 0.3 is 108 Å². The second-order valence-electron chi connectivity index (χ2n) is 3.96. The molecule has 1 aromatic heterocycles. The van der Waals surface area contributed by atoms with E-state index in [4.69, 9.17) is 9.84 Å². The number of aromatic nitrogens is 2. The summed E-state index contributed by atoms with van der Waals surface area (Å²) in [5, 5.41) is 19.1. The van der Waals surface area contributed by atoms with Crippen molar-refractivity contribution >= 4 is 15.0 Å². The van der Waals surface area contributed by atoms with E-state index in [1.54, 1.807) is 0 Å². The molecule has 0 radical (unpaired) electrons. The van der Waals surface area contributed by atoms with Crippen molar-refractivity contribution in [3.8, 4) is 0 Å². The van der Waals surface area contributed by atoms with Gasteiger partial charge in [0, 0.05) is 0 Å². The van der Waals surface area contributed by atoms with Crippen LogP contribution in [0, 0.1) is 0 Å². The molecule has 1 saturated heterocycles. The molecule has 0 aromatic carbocycles. The Kier molecular flexibility index (Phi) is 4.03. The Morgan fingerprint density at radius 3 is 2.83 bits per heavy atom. The van der Waals surface area contributed by atoms with E-state index in [-0.39, 0.29) is 26.4 Å². The van der Waals surface area contributed by atoms with Crippen LogP contribution in [0.2, 0.25) is 10.6 Å². The van der Waals surface area contributed by atoms with E-state index in [1.807, 2.05) is 5.82 Å². The van der Waals surface area contributed by atoms with E-state index < -0.39 is 29.7 Å². The molecule has 8 heteroatoms. The van der Waals surface area contributed by atoms with Crippen molar-refractivity contribution in [1.82, 2.24) is 9.55 Å². The second-order valence-corrected chi connectivity index (χ2v) is 6.09. The van der Waals surface area contributed by atoms with Crippen LogP contribution in [0.1, 0.15) is 6.23 Å². The van der Waals surface area contributed by atoms with Crippen LogP contribution in [0.4, 0.5) is 0 Å². The zero-order chi connectivity index (χ0) is 13.3. The molecular formula is C10H14N2O5Se. The number of aliphatic hydroxyl groups excluding tert-OH is 2. The molecule has 0 saturated carbocycles. The van der Waals surface area contributed by atoms with E-state index in [9.17, 15) is 14.7 Å². The van der Waals surface area contributed by atoms with E-state index in [0.717, 1.165) is 0 Å². The first-order chi connectivity index (χ1) is 8.58. The summed E-state index contributed by atoms with van der Waals surface area (Å²) in [6.45, 7) is -0.303. The van der Waals surface area contributed by atoms with Crippen molar-refractivity contribution in [2.75, 3.05) is 6.61 Å². The van der Waals surface area contributed by atoms with Gasteiger partial charge < -0.3 is 0 Å². The van der Waals surface area contributed by atoms with Crippen LogP contribution in [0.5, 0.6) is 0 Å². The van der Waals surface area contributed by atoms with E-state index in [0.29, 0.717) is 0 Å². The third-order valence-electron chi connectivity index (χ3n) is 2.89. The second kappa shape index (κ2) is 5.38. The van der Waals surface area contributed by atoms with Crippen LogP contribution in [-0.4, -0.2) is 53.5 Å². The molecule has 0 bridgehead atoms. The summed E-state index contributed by atoms with van der Waals surface area (Å²) >= 11 is 0.0313. The fraction of sp³-hybridized carbons (Fsp3) is 0.600. The number of ether oxygens (including phenoxy) is 1. The first-order valence-corrected chi connectivity index (χ1v) is 8.07. The van der Waals surface area contributed by atoms with Crippen molar-refractivity contribution in [1.29, 1.82) is 0 Å². The zero-order valence-electron chi connectivity index (χ0n) is 9.65. The summed E-state index contributed by atoms with van der Waals surface area (Å²) in [7, 11) is 0. The van der Waals surface area contributed by atoms with Gasteiger partial charge in [0.05, 0.1) is 0 Å². The van der Waals surface area contributed by atoms with Gasteiger partial charge in [-0.05, 0) is 0 Å². The Bertz CT molecular complexity index is 527. The predicted octanol–water partition coefficient (Wildman–Crippen LogP) is -1.67. The van der Waals surface area contributed by atoms with Gasteiger partial charge in [-0.3, -0.25) is 0 Å². The number of hydrogen-bond acceptors (Lipinski definition) is 5. The summed E-state index contributed by atoms with van der Waals surface area (Å²) < 4.78 is 6.74. The summed E-state index contributed by atoms with van der Waals surface area (Å²) in [6.07, 6.45) is -0.798. The summed E-state index contributed by atoms with van der Waals surface area (Å²) in [4.78, 5) is 24.6. The van der Waals surface area contributed by atoms with E-state index in [1.165, 1.54) is 16.8 Å². The minimum absolute atomic E-state index is 0.0313. The number of aromatic amines is 1. The molecule has 100 valence electrons. The molecule has 2 heterocycles. The number of hydrogen-bond donors (Lipinski definition) is 3. The van der Waals surface area contributed by atoms with Gasteiger partial charge in [-0.25, -0.2) is 0 Å². The van der Waals surface area contributed by atoms with Gasteiger partial charge in [-0.2, -0.15) is 0 Å². The van der Waals surface area contributed by atoms with Crippen molar-refractivity contribution < 1.29 is 14.9 Å². The molecule has 7 nitrogen and oxygen atoms in total. The monoisotopic (exact) mass is 322 g/mol. The maximum absolute atomic E-state index is 11.7. The normalized spacial score (nSPS) is 31.7. The number of nitrogens with zero attached hydrogens (tertiary/aromatic N) is 1. The third kappa shape index (κ3) is 2.30. The molecule has 0 spiro atoms. The first-order valence-electron chi connectivity index (χ1n) is 5.37. The van der Waals surface area contributed by atoms with Gasteiger partial charge in [0.15, 0.2) is 0 Å². The predicted molar refractivity (Wildman–Crippen MR) is 63.7 cm³/mol. The van der Waals surface area contributed by atoms with Crippen molar-refractivity contribution in [2.24, 2.45) is 0 Å². The molecular weight excluding hydrogens is 307 g/mol. The fourth-order valence-electron chi connectivity index (χ4n) is 1.98.